The Kier molecular flexibility index (Phi) is 3.25. The number of rotatable bonds is 3. The monoisotopic (exact) mass is 212 g/mol. The quantitative estimate of drug-likeness (QED) is 0.474. The maximum absolute atomic E-state index is 11.4. The second kappa shape index (κ2) is 4.24. The maximum atomic E-state index is 11.4. The smallest absolute Gasteiger partial charge is 0.184 e. The van der Waals surface area contributed by atoms with Gasteiger partial charge in [0.15, 0.2) is 12.1 Å². The normalized spacial score (nSPS) is 12.1. The number of ketones is 1. The van der Waals surface area contributed by atoms with E-state index in [1.807, 2.05) is 0 Å². The third-order valence-electron chi connectivity index (χ3n) is 1.82. The van der Waals surface area contributed by atoms with E-state index in [-0.39, 0.29) is 16.9 Å². The molecule has 0 spiro atoms. The summed E-state index contributed by atoms with van der Waals surface area (Å²) in [6.07, 6.45) is 0.491. The van der Waals surface area contributed by atoms with Crippen molar-refractivity contribution in [2.75, 3.05) is 0 Å². The predicted octanol–water partition coefficient (Wildman–Crippen LogP) is 2.01. The first-order valence-corrected chi connectivity index (χ1v) is 4.47. The van der Waals surface area contributed by atoms with Gasteiger partial charge < -0.3 is 5.11 Å². The van der Waals surface area contributed by atoms with Gasteiger partial charge in [0.05, 0.1) is 16.5 Å². The topological polar surface area (TPSA) is 54.4 Å². The van der Waals surface area contributed by atoms with Crippen LogP contribution in [0.15, 0.2) is 18.2 Å². The summed E-state index contributed by atoms with van der Waals surface area (Å²) in [6.45, 7) is 1.51. The summed E-state index contributed by atoms with van der Waals surface area (Å²) in [6, 6.07) is 4.39. The van der Waals surface area contributed by atoms with Crippen LogP contribution < -0.4 is 0 Å². The minimum absolute atomic E-state index is 0.0806. The number of aromatic hydroxyl groups is 1. The highest BCUT2D eigenvalue weighted by Gasteiger charge is 2.17. The molecule has 0 bridgehead atoms. The van der Waals surface area contributed by atoms with Crippen molar-refractivity contribution >= 4 is 23.7 Å². The van der Waals surface area contributed by atoms with Crippen LogP contribution in [-0.2, 0) is 0 Å². The van der Waals surface area contributed by atoms with E-state index in [4.69, 9.17) is 11.6 Å². The molecule has 0 aliphatic heterocycles. The number of para-hydroxylation sites is 1. The molecule has 1 N–H and O–H groups in total. The molecule has 1 rings (SSSR count). The number of hydrogen-bond donors (Lipinski definition) is 1. The molecule has 1 atom stereocenters. The van der Waals surface area contributed by atoms with Crippen LogP contribution in [0.4, 0.5) is 0 Å². The highest BCUT2D eigenvalue weighted by atomic mass is 35.5. The largest absolute Gasteiger partial charge is 0.506 e. The van der Waals surface area contributed by atoms with Crippen molar-refractivity contribution in [1.29, 1.82) is 0 Å². The number of carbonyl (C=O) groups excluding carboxylic acids is 2. The summed E-state index contributed by atoms with van der Waals surface area (Å²) < 4.78 is 0. The third kappa shape index (κ3) is 1.93. The van der Waals surface area contributed by atoms with E-state index >= 15 is 0 Å². The van der Waals surface area contributed by atoms with Gasteiger partial charge in [0.25, 0.3) is 0 Å². The van der Waals surface area contributed by atoms with Crippen LogP contribution in [0.5, 0.6) is 5.75 Å². The van der Waals surface area contributed by atoms with Crippen molar-refractivity contribution in [3.63, 3.8) is 0 Å². The summed E-state index contributed by atoms with van der Waals surface area (Å²) in [7, 11) is 0. The lowest BCUT2D eigenvalue weighted by atomic mass is 10.0. The molecule has 74 valence electrons. The van der Waals surface area contributed by atoms with Crippen molar-refractivity contribution in [2.45, 2.75) is 12.3 Å². The van der Waals surface area contributed by atoms with Crippen LogP contribution in [0.2, 0.25) is 0 Å². The van der Waals surface area contributed by atoms with E-state index < -0.39 is 11.2 Å². The Morgan fingerprint density at radius 3 is 2.71 bits per heavy atom. The van der Waals surface area contributed by atoms with Crippen molar-refractivity contribution in [2.24, 2.45) is 0 Å². The number of Topliss-reactive ketones (excluding diaryl/α,β-unsaturated/α-hetero) is 1. The zero-order valence-electron chi connectivity index (χ0n) is 7.53. The minimum atomic E-state index is -0.720. The van der Waals surface area contributed by atoms with Gasteiger partial charge in [-0.3, -0.25) is 9.59 Å². The van der Waals surface area contributed by atoms with E-state index in [1.54, 1.807) is 0 Å². The Balaban J connectivity index is 3.22. The number of phenolic OH excluding ortho intramolecular Hbond substituents is 1. The molecule has 4 heteroatoms. The van der Waals surface area contributed by atoms with E-state index in [2.05, 4.69) is 0 Å². The number of alkyl halides is 1. The van der Waals surface area contributed by atoms with Crippen LogP contribution in [-0.4, -0.2) is 22.6 Å². The van der Waals surface area contributed by atoms with E-state index in [1.165, 1.54) is 25.1 Å². The van der Waals surface area contributed by atoms with Crippen LogP contribution in [0.3, 0.4) is 0 Å². The molecule has 3 nitrogen and oxygen atoms in total. The van der Waals surface area contributed by atoms with Gasteiger partial charge in [-0.25, -0.2) is 0 Å². The van der Waals surface area contributed by atoms with Crippen LogP contribution in [0.1, 0.15) is 27.6 Å². The molecule has 0 radical (unpaired) electrons. The first-order chi connectivity index (χ1) is 6.57. The SMILES string of the molecule is CC(Cl)C(=O)c1cccc(C=O)c1O. The molecule has 1 aromatic rings. The molecule has 1 unspecified atom stereocenters. The van der Waals surface area contributed by atoms with Crippen molar-refractivity contribution in [3.05, 3.63) is 29.3 Å². The molecule has 0 fully saturated rings. The molecular formula is C10H9ClO3. The van der Waals surface area contributed by atoms with Gasteiger partial charge in [0.1, 0.15) is 5.75 Å². The van der Waals surface area contributed by atoms with Crippen LogP contribution in [0.25, 0.3) is 0 Å². The first kappa shape index (κ1) is 10.7. The lowest BCUT2D eigenvalue weighted by molar-refractivity contribution is 0.0989. The molecule has 0 saturated carbocycles. The number of aldehydes is 1. The molecule has 14 heavy (non-hydrogen) atoms. The number of halogens is 1. The highest BCUT2D eigenvalue weighted by molar-refractivity contribution is 6.34. The Hall–Kier alpha value is -1.35. The zero-order chi connectivity index (χ0) is 10.7. The summed E-state index contributed by atoms with van der Waals surface area (Å²) in [5, 5.41) is 8.78. The fraction of sp³-hybridized carbons (Fsp3) is 0.200. The number of phenols is 1. The molecule has 0 heterocycles. The van der Waals surface area contributed by atoms with Gasteiger partial charge in [-0.1, -0.05) is 6.07 Å². The second-order valence-corrected chi connectivity index (χ2v) is 3.50. The van der Waals surface area contributed by atoms with Gasteiger partial charge in [0.2, 0.25) is 0 Å². The second-order valence-electron chi connectivity index (χ2n) is 2.84. The lowest BCUT2D eigenvalue weighted by Gasteiger charge is -2.06. The fourth-order valence-electron chi connectivity index (χ4n) is 1.07. The lowest BCUT2D eigenvalue weighted by Crippen LogP contribution is -2.11. The van der Waals surface area contributed by atoms with Gasteiger partial charge in [0, 0.05) is 0 Å². The molecule has 0 saturated heterocycles. The van der Waals surface area contributed by atoms with E-state index in [9.17, 15) is 14.7 Å². The number of carbonyl (C=O) groups is 2. The average Bonchev–Trinajstić information content (AvgIpc) is 2.17. The van der Waals surface area contributed by atoms with Crippen LogP contribution in [0, 0.1) is 0 Å². The number of benzene rings is 1. The first-order valence-electron chi connectivity index (χ1n) is 4.03. The van der Waals surface area contributed by atoms with Crippen molar-refractivity contribution in [3.8, 4) is 5.75 Å². The summed E-state index contributed by atoms with van der Waals surface area (Å²) in [4.78, 5) is 21.9. The third-order valence-corrected chi connectivity index (χ3v) is 2.02. The Labute approximate surface area is 86.3 Å². The molecule has 0 amide bonds. The molecule has 1 aromatic carbocycles. The molecular weight excluding hydrogens is 204 g/mol. The molecule has 0 aliphatic rings. The standard InChI is InChI=1S/C10H9ClO3/c1-6(11)9(13)8-4-2-3-7(5-12)10(8)14/h2-6,14H,1H3. The van der Waals surface area contributed by atoms with Crippen molar-refractivity contribution in [1.82, 2.24) is 0 Å². The summed E-state index contributed by atoms with van der Waals surface area (Å²) in [5.41, 5.74) is 0.172. The Morgan fingerprint density at radius 2 is 2.21 bits per heavy atom. The van der Waals surface area contributed by atoms with Gasteiger partial charge in [-0.2, -0.15) is 0 Å². The highest BCUT2D eigenvalue weighted by Crippen LogP contribution is 2.23. The van der Waals surface area contributed by atoms with E-state index in [0.29, 0.717) is 6.29 Å². The van der Waals surface area contributed by atoms with Crippen molar-refractivity contribution < 1.29 is 14.7 Å². The maximum Gasteiger partial charge on any atom is 0.184 e. The van der Waals surface area contributed by atoms with Gasteiger partial charge >= 0.3 is 0 Å². The number of hydrogen-bond acceptors (Lipinski definition) is 3. The summed E-state index contributed by atoms with van der Waals surface area (Å²) in [5.74, 6) is -0.701. The zero-order valence-corrected chi connectivity index (χ0v) is 8.28. The molecule has 0 aliphatic carbocycles. The fourth-order valence-corrected chi connectivity index (χ4v) is 1.19. The Bertz CT molecular complexity index is 372. The summed E-state index contributed by atoms with van der Waals surface area (Å²) >= 11 is 5.58. The minimum Gasteiger partial charge on any atom is -0.506 e. The van der Waals surface area contributed by atoms with Gasteiger partial charge in [-0.05, 0) is 19.1 Å². The van der Waals surface area contributed by atoms with E-state index in [0.717, 1.165) is 0 Å². The van der Waals surface area contributed by atoms with Crippen LogP contribution >= 0.6 is 11.6 Å². The average molecular weight is 213 g/mol. The predicted molar refractivity (Wildman–Crippen MR) is 53.1 cm³/mol. The van der Waals surface area contributed by atoms with Gasteiger partial charge in [-0.15, -0.1) is 11.6 Å². The Morgan fingerprint density at radius 1 is 1.57 bits per heavy atom. The molecule has 0 aromatic heterocycles.